The summed E-state index contributed by atoms with van der Waals surface area (Å²) in [6.07, 6.45) is 4.58. The number of nitrogens with one attached hydrogen (secondary N) is 1. The van der Waals surface area contributed by atoms with Crippen LogP contribution in [0.5, 0.6) is 0 Å². The van der Waals surface area contributed by atoms with Crippen LogP contribution >= 0.6 is 15.9 Å². The number of pyridine rings is 1. The summed E-state index contributed by atoms with van der Waals surface area (Å²) in [5.41, 5.74) is 1.06. The van der Waals surface area contributed by atoms with Crippen LogP contribution < -0.4 is 5.32 Å². The summed E-state index contributed by atoms with van der Waals surface area (Å²) < 4.78 is 6.09. The van der Waals surface area contributed by atoms with Gasteiger partial charge >= 0.3 is 0 Å². The average Bonchev–Trinajstić information content (AvgIpc) is 2.20. The molecular weight excluding hydrogens is 244 g/mol. The molecule has 0 saturated heterocycles. The highest BCUT2D eigenvalue weighted by Crippen LogP contribution is 2.21. The first-order valence-corrected chi connectivity index (χ1v) is 5.42. The van der Waals surface area contributed by atoms with Crippen molar-refractivity contribution in [1.29, 1.82) is 0 Å². The van der Waals surface area contributed by atoms with Crippen molar-refractivity contribution in [3.63, 3.8) is 0 Å². The number of anilines is 1. The molecule has 78 valence electrons. The molecule has 1 aromatic heterocycles. The van der Waals surface area contributed by atoms with Gasteiger partial charge in [0.1, 0.15) is 0 Å². The molecule has 1 heterocycles. The zero-order chi connectivity index (χ0) is 10.4. The molecule has 0 spiro atoms. The minimum absolute atomic E-state index is 0.346. The lowest BCUT2D eigenvalue weighted by molar-refractivity contribution is 0.184. The Bertz CT molecular complexity index is 281. The Labute approximate surface area is 93.0 Å². The van der Waals surface area contributed by atoms with Gasteiger partial charge in [0.25, 0.3) is 0 Å². The van der Waals surface area contributed by atoms with Crippen LogP contribution in [0.15, 0.2) is 22.9 Å². The van der Waals surface area contributed by atoms with Gasteiger partial charge in [0.05, 0.1) is 16.8 Å². The Kier molecular flexibility index (Phi) is 4.90. The van der Waals surface area contributed by atoms with E-state index < -0.39 is 0 Å². The zero-order valence-electron chi connectivity index (χ0n) is 8.46. The quantitative estimate of drug-likeness (QED) is 0.882. The summed E-state index contributed by atoms with van der Waals surface area (Å²) in [4.78, 5) is 4.01. The number of nitrogens with zero attached hydrogens (tertiary/aromatic N) is 1. The summed E-state index contributed by atoms with van der Waals surface area (Å²) in [7, 11) is 1.71. The number of aromatic nitrogens is 1. The van der Waals surface area contributed by atoms with Crippen LogP contribution in [0.1, 0.15) is 13.3 Å². The molecule has 0 aliphatic carbocycles. The summed E-state index contributed by atoms with van der Waals surface area (Å²) in [6.45, 7) is 2.84. The maximum absolute atomic E-state index is 5.11. The van der Waals surface area contributed by atoms with E-state index in [0.29, 0.717) is 12.6 Å². The van der Waals surface area contributed by atoms with Crippen LogP contribution in [-0.4, -0.2) is 24.7 Å². The van der Waals surface area contributed by atoms with Crippen LogP contribution in [0.3, 0.4) is 0 Å². The minimum atomic E-state index is 0.346. The molecule has 1 atom stereocenters. The molecule has 0 fully saturated rings. The van der Waals surface area contributed by atoms with E-state index in [9.17, 15) is 0 Å². The van der Waals surface area contributed by atoms with E-state index in [2.05, 4.69) is 33.2 Å². The fraction of sp³-hybridized carbons (Fsp3) is 0.500. The summed E-state index contributed by atoms with van der Waals surface area (Å²) in [5, 5.41) is 3.39. The van der Waals surface area contributed by atoms with Crippen molar-refractivity contribution in [3.05, 3.63) is 22.9 Å². The first-order valence-electron chi connectivity index (χ1n) is 4.63. The number of methoxy groups -OCH3 is 1. The third kappa shape index (κ3) is 3.27. The Morgan fingerprint density at radius 1 is 1.64 bits per heavy atom. The van der Waals surface area contributed by atoms with E-state index in [0.717, 1.165) is 16.6 Å². The molecule has 1 rings (SSSR count). The van der Waals surface area contributed by atoms with E-state index in [-0.39, 0.29) is 0 Å². The van der Waals surface area contributed by atoms with Crippen molar-refractivity contribution in [2.45, 2.75) is 19.4 Å². The molecule has 0 bridgehead atoms. The van der Waals surface area contributed by atoms with Gasteiger partial charge in [-0.1, -0.05) is 6.92 Å². The van der Waals surface area contributed by atoms with Crippen molar-refractivity contribution in [2.24, 2.45) is 0 Å². The van der Waals surface area contributed by atoms with Crippen molar-refractivity contribution in [2.75, 3.05) is 19.0 Å². The molecule has 1 N–H and O–H groups in total. The van der Waals surface area contributed by atoms with Crippen molar-refractivity contribution >= 4 is 21.6 Å². The monoisotopic (exact) mass is 258 g/mol. The Hall–Kier alpha value is -0.610. The molecule has 0 radical (unpaired) electrons. The van der Waals surface area contributed by atoms with Crippen molar-refractivity contribution in [1.82, 2.24) is 4.98 Å². The Morgan fingerprint density at radius 3 is 3.00 bits per heavy atom. The molecule has 0 aromatic carbocycles. The normalized spacial score (nSPS) is 12.5. The molecule has 1 unspecified atom stereocenters. The maximum atomic E-state index is 5.11. The molecule has 0 aliphatic rings. The number of halogens is 1. The first-order chi connectivity index (χ1) is 6.77. The van der Waals surface area contributed by atoms with Gasteiger partial charge < -0.3 is 10.1 Å². The van der Waals surface area contributed by atoms with Gasteiger partial charge in [-0.2, -0.15) is 0 Å². The van der Waals surface area contributed by atoms with Gasteiger partial charge in [0, 0.05) is 25.5 Å². The molecule has 1 aromatic rings. The lowest BCUT2D eigenvalue weighted by Gasteiger charge is -2.17. The second kappa shape index (κ2) is 5.98. The number of hydrogen-bond donors (Lipinski definition) is 1. The van der Waals surface area contributed by atoms with Gasteiger partial charge in [-0.15, -0.1) is 0 Å². The summed E-state index contributed by atoms with van der Waals surface area (Å²) in [6, 6.07) is 2.29. The highest BCUT2D eigenvalue weighted by molar-refractivity contribution is 9.10. The number of rotatable bonds is 5. The van der Waals surface area contributed by atoms with Crippen molar-refractivity contribution in [3.8, 4) is 0 Å². The minimum Gasteiger partial charge on any atom is -0.383 e. The Balaban J connectivity index is 2.62. The SMILES string of the molecule is CCC(COC)Nc1ccncc1Br. The standard InChI is InChI=1S/C10H15BrN2O/c1-3-8(7-14-2)13-10-4-5-12-6-9(10)11/h4-6,8H,3,7H2,1-2H3,(H,12,13). The second-order valence-corrected chi connectivity index (χ2v) is 3.91. The highest BCUT2D eigenvalue weighted by Gasteiger charge is 2.06. The van der Waals surface area contributed by atoms with Gasteiger partial charge in [-0.25, -0.2) is 0 Å². The van der Waals surface area contributed by atoms with Crippen LogP contribution in [0.4, 0.5) is 5.69 Å². The second-order valence-electron chi connectivity index (χ2n) is 3.06. The van der Waals surface area contributed by atoms with Gasteiger partial charge in [-0.3, -0.25) is 4.98 Å². The third-order valence-corrected chi connectivity index (χ3v) is 2.62. The van der Waals surface area contributed by atoms with E-state index >= 15 is 0 Å². The molecule has 3 nitrogen and oxygen atoms in total. The van der Waals surface area contributed by atoms with Crippen LogP contribution in [0, 0.1) is 0 Å². The first kappa shape index (κ1) is 11.5. The largest absolute Gasteiger partial charge is 0.383 e. The topological polar surface area (TPSA) is 34.1 Å². The number of ether oxygens (including phenoxy) is 1. The van der Waals surface area contributed by atoms with Crippen molar-refractivity contribution < 1.29 is 4.74 Å². The van der Waals surface area contributed by atoms with Gasteiger partial charge in [0.15, 0.2) is 0 Å². The van der Waals surface area contributed by atoms with E-state index in [1.54, 1.807) is 19.5 Å². The highest BCUT2D eigenvalue weighted by atomic mass is 79.9. The van der Waals surface area contributed by atoms with E-state index in [1.165, 1.54) is 0 Å². The molecule has 0 saturated carbocycles. The van der Waals surface area contributed by atoms with Gasteiger partial charge in [-0.05, 0) is 28.4 Å². The molecule has 4 heteroatoms. The van der Waals surface area contributed by atoms with Crippen LogP contribution in [0.25, 0.3) is 0 Å². The Morgan fingerprint density at radius 2 is 2.43 bits per heavy atom. The molecular formula is C10H15BrN2O. The van der Waals surface area contributed by atoms with Crippen LogP contribution in [-0.2, 0) is 4.74 Å². The smallest absolute Gasteiger partial charge is 0.0663 e. The van der Waals surface area contributed by atoms with E-state index in [4.69, 9.17) is 4.74 Å². The van der Waals surface area contributed by atoms with Gasteiger partial charge in [0.2, 0.25) is 0 Å². The summed E-state index contributed by atoms with van der Waals surface area (Å²) in [5.74, 6) is 0. The maximum Gasteiger partial charge on any atom is 0.0663 e. The summed E-state index contributed by atoms with van der Waals surface area (Å²) >= 11 is 3.44. The molecule has 0 aliphatic heterocycles. The predicted molar refractivity (Wildman–Crippen MR) is 61.5 cm³/mol. The lowest BCUT2D eigenvalue weighted by atomic mass is 10.2. The third-order valence-electron chi connectivity index (χ3n) is 1.99. The number of hydrogen-bond acceptors (Lipinski definition) is 3. The molecule has 14 heavy (non-hydrogen) atoms. The fourth-order valence-electron chi connectivity index (χ4n) is 1.17. The van der Waals surface area contributed by atoms with E-state index in [1.807, 2.05) is 6.07 Å². The molecule has 0 amide bonds. The lowest BCUT2D eigenvalue weighted by Crippen LogP contribution is -2.24. The zero-order valence-corrected chi connectivity index (χ0v) is 10.0. The predicted octanol–water partition coefficient (Wildman–Crippen LogP) is 2.68. The van der Waals surface area contributed by atoms with Crippen LogP contribution in [0.2, 0.25) is 0 Å². The fourth-order valence-corrected chi connectivity index (χ4v) is 1.54. The average molecular weight is 259 g/mol.